The zero-order chi connectivity index (χ0) is 33.6. The smallest absolute Gasteiger partial charge is 0.417 e. The third-order valence-electron chi connectivity index (χ3n) is 8.06. The number of ether oxygens (including phenoxy) is 1. The van der Waals surface area contributed by atoms with E-state index in [1.165, 1.54) is 29.2 Å². The van der Waals surface area contributed by atoms with Gasteiger partial charge in [0.15, 0.2) is 8.32 Å². The van der Waals surface area contributed by atoms with E-state index < -0.39 is 50.2 Å². The number of nitrogens with one attached hydrogen (secondary N) is 1. The molecule has 7 nitrogen and oxygen atoms in total. The minimum absolute atomic E-state index is 0.0190. The molecule has 1 N–H and O–H groups in total. The first-order chi connectivity index (χ1) is 22.5. The molecule has 1 saturated heterocycles. The van der Waals surface area contributed by atoms with Gasteiger partial charge >= 0.3 is 6.09 Å². The zero-order valence-electron chi connectivity index (χ0n) is 26.5. The minimum atomic E-state index is -2.12. The molecule has 4 aromatic rings. The van der Waals surface area contributed by atoms with Crippen LogP contribution in [-0.2, 0) is 14.0 Å². The van der Waals surface area contributed by atoms with Gasteiger partial charge in [0.05, 0.1) is 29.7 Å². The number of cyclic esters (lactones) is 1. The largest absolute Gasteiger partial charge is 0.446 e. The van der Waals surface area contributed by atoms with Crippen molar-refractivity contribution in [1.82, 2.24) is 4.90 Å². The predicted molar refractivity (Wildman–Crippen MR) is 178 cm³/mol. The molecule has 0 radical (unpaired) electrons. The molecule has 1 fully saturated rings. The van der Waals surface area contributed by atoms with Gasteiger partial charge in [-0.3, -0.25) is 4.79 Å². The highest BCUT2D eigenvalue weighted by Crippen LogP contribution is 2.39. The van der Waals surface area contributed by atoms with Crippen molar-refractivity contribution in [1.29, 1.82) is 5.26 Å². The SMILES string of the molecule is C[Si](C)(C)OC(CCC(C(=O)N1C(=O)OCC1c1ccccc1)C(Nc1ccc(F)cc1)c1ccc(C#N)cc1)c1ccc(F)cc1. The monoisotopic (exact) mass is 653 g/mol. The van der Waals surface area contributed by atoms with E-state index in [9.17, 15) is 23.6 Å². The van der Waals surface area contributed by atoms with Crippen LogP contribution >= 0.6 is 0 Å². The summed E-state index contributed by atoms with van der Waals surface area (Å²) in [6.07, 6.45) is -0.540. The van der Waals surface area contributed by atoms with Gasteiger partial charge in [0, 0.05) is 5.69 Å². The van der Waals surface area contributed by atoms with Crippen molar-refractivity contribution in [2.45, 2.75) is 50.7 Å². The standard InChI is InChI=1S/C37H37F2N3O4Si/c1-47(2,3)46-34(27-13-15-29(38)16-14-27)22-21-32(36(43)42-33(24-45-37(42)44)26-7-5-4-6-8-26)35(28-11-9-25(23-40)10-12-28)41-31-19-17-30(39)18-20-31/h4-20,32-35,41H,21-22,24H2,1-3H3. The maximum Gasteiger partial charge on any atom is 0.417 e. The van der Waals surface area contributed by atoms with Crippen LogP contribution in [0, 0.1) is 28.9 Å². The summed E-state index contributed by atoms with van der Waals surface area (Å²) < 4.78 is 39.8. The maximum atomic E-state index is 14.8. The number of carbonyl (C=O) groups is 2. The van der Waals surface area contributed by atoms with Crippen molar-refractivity contribution in [2.75, 3.05) is 11.9 Å². The van der Waals surface area contributed by atoms with Gasteiger partial charge in [0.2, 0.25) is 5.91 Å². The Balaban J connectivity index is 1.58. The summed E-state index contributed by atoms with van der Waals surface area (Å²) in [4.78, 5) is 29.2. The minimum Gasteiger partial charge on any atom is -0.446 e. The van der Waals surface area contributed by atoms with E-state index in [2.05, 4.69) is 31.0 Å². The molecular weight excluding hydrogens is 617 g/mol. The maximum absolute atomic E-state index is 14.8. The fourth-order valence-electron chi connectivity index (χ4n) is 5.83. The number of anilines is 1. The Morgan fingerprint density at radius 3 is 2.11 bits per heavy atom. The number of amides is 2. The summed E-state index contributed by atoms with van der Waals surface area (Å²) in [5.41, 5.74) is 3.25. The first kappa shape index (κ1) is 33.5. The lowest BCUT2D eigenvalue weighted by Gasteiger charge is -2.34. The molecule has 0 spiro atoms. The Bertz CT molecular complexity index is 1710. The van der Waals surface area contributed by atoms with Crippen LogP contribution in [0.5, 0.6) is 0 Å². The lowest BCUT2D eigenvalue weighted by atomic mass is 9.85. The Morgan fingerprint density at radius 1 is 0.915 bits per heavy atom. The topological polar surface area (TPSA) is 91.7 Å². The van der Waals surface area contributed by atoms with Crippen molar-refractivity contribution >= 4 is 26.0 Å². The van der Waals surface area contributed by atoms with E-state index in [1.807, 2.05) is 30.3 Å². The van der Waals surface area contributed by atoms with Crippen LogP contribution in [0.1, 0.15) is 53.3 Å². The van der Waals surface area contributed by atoms with Crippen molar-refractivity contribution in [3.05, 3.63) is 137 Å². The third kappa shape index (κ3) is 8.50. The number of imide groups is 1. The van der Waals surface area contributed by atoms with Gasteiger partial charge in [-0.2, -0.15) is 5.26 Å². The predicted octanol–water partition coefficient (Wildman–Crippen LogP) is 8.70. The number of hydrogen-bond acceptors (Lipinski definition) is 6. The van der Waals surface area contributed by atoms with Crippen LogP contribution in [0.15, 0.2) is 103 Å². The molecule has 47 heavy (non-hydrogen) atoms. The summed E-state index contributed by atoms with van der Waals surface area (Å²) in [5, 5.41) is 12.9. The summed E-state index contributed by atoms with van der Waals surface area (Å²) in [5.74, 6) is -2.07. The second-order valence-electron chi connectivity index (χ2n) is 12.5. The molecule has 0 aromatic heterocycles. The van der Waals surface area contributed by atoms with E-state index in [-0.39, 0.29) is 18.8 Å². The second kappa shape index (κ2) is 14.7. The Hall–Kier alpha value is -4.85. The van der Waals surface area contributed by atoms with Crippen molar-refractivity contribution in [3.8, 4) is 6.07 Å². The third-order valence-corrected chi connectivity index (χ3v) is 9.05. The van der Waals surface area contributed by atoms with E-state index >= 15 is 0 Å². The molecule has 0 aliphatic carbocycles. The number of benzene rings is 4. The lowest BCUT2D eigenvalue weighted by Crippen LogP contribution is -2.42. The number of nitriles is 1. The quantitative estimate of drug-likeness (QED) is 0.154. The fraction of sp³-hybridized carbons (Fsp3) is 0.270. The highest BCUT2D eigenvalue weighted by Gasteiger charge is 2.44. The molecule has 1 aliphatic heterocycles. The molecule has 5 rings (SSSR count). The fourth-order valence-corrected chi connectivity index (χ4v) is 6.94. The summed E-state index contributed by atoms with van der Waals surface area (Å²) in [6.45, 7) is 6.21. The number of halogens is 2. The van der Waals surface area contributed by atoms with Crippen LogP contribution in [0.3, 0.4) is 0 Å². The van der Waals surface area contributed by atoms with Gasteiger partial charge in [-0.25, -0.2) is 18.5 Å². The van der Waals surface area contributed by atoms with Crippen molar-refractivity contribution in [3.63, 3.8) is 0 Å². The van der Waals surface area contributed by atoms with Gasteiger partial charge in [-0.15, -0.1) is 0 Å². The van der Waals surface area contributed by atoms with E-state index in [1.54, 1.807) is 48.5 Å². The summed E-state index contributed by atoms with van der Waals surface area (Å²) in [7, 11) is -2.12. The first-order valence-corrected chi connectivity index (χ1v) is 18.9. The van der Waals surface area contributed by atoms with Gasteiger partial charge < -0.3 is 14.5 Å². The highest BCUT2D eigenvalue weighted by atomic mass is 28.4. The average Bonchev–Trinajstić information content (AvgIpc) is 3.46. The van der Waals surface area contributed by atoms with Gasteiger partial charge in [0.25, 0.3) is 0 Å². The van der Waals surface area contributed by atoms with Crippen LogP contribution in [0.4, 0.5) is 19.3 Å². The molecule has 0 bridgehead atoms. The molecule has 0 saturated carbocycles. The average molecular weight is 654 g/mol. The molecule has 2 amide bonds. The summed E-state index contributed by atoms with van der Waals surface area (Å²) >= 11 is 0. The molecule has 4 atom stereocenters. The van der Waals surface area contributed by atoms with Gasteiger partial charge in [0.1, 0.15) is 24.3 Å². The molecule has 4 unspecified atom stereocenters. The Labute approximate surface area is 274 Å². The molecule has 4 aromatic carbocycles. The van der Waals surface area contributed by atoms with Gasteiger partial charge in [-0.1, -0.05) is 54.6 Å². The van der Waals surface area contributed by atoms with Gasteiger partial charge in [-0.05, 0) is 97.7 Å². The number of nitrogens with zero attached hydrogens (tertiary/aromatic N) is 2. The molecule has 1 aliphatic rings. The number of hydrogen-bond donors (Lipinski definition) is 1. The normalized spacial score (nSPS) is 16.6. The summed E-state index contributed by atoms with van der Waals surface area (Å²) in [6, 6.07) is 28.9. The van der Waals surface area contributed by atoms with Crippen LogP contribution in [0.25, 0.3) is 0 Å². The first-order valence-electron chi connectivity index (χ1n) is 15.5. The van der Waals surface area contributed by atoms with Crippen molar-refractivity contribution in [2.24, 2.45) is 5.92 Å². The van der Waals surface area contributed by atoms with Crippen molar-refractivity contribution < 1.29 is 27.5 Å². The van der Waals surface area contributed by atoms with E-state index in [0.29, 0.717) is 23.2 Å². The lowest BCUT2D eigenvalue weighted by molar-refractivity contribution is -0.134. The Morgan fingerprint density at radius 2 is 1.51 bits per heavy atom. The molecule has 1 heterocycles. The highest BCUT2D eigenvalue weighted by molar-refractivity contribution is 6.69. The van der Waals surface area contributed by atoms with Crippen LogP contribution < -0.4 is 5.32 Å². The number of rotatable bonds is 12. The Kier molecular flexibility index (Phi) is 10.5. The second-order valence-corrected chi connectivity index (χ2v) is 17.0. The van der Waals surface area contributed by atoms with Crippen LogP contribution in [0.2, 0.25) is 19.6 Å². The van der Waals surface area contributed by atoms with E-state index in [4.69, 9.17) is 9.16 Å². The van der Waals surface area contributed by atoms with E-state index in [0.717, 1.165) is 11.1 Å². The molecule has 10 heteroatoms. The van der Waals surface area contributed by atoms with Crippen LogP contribution in [-0.4, -0.2) is 31.8 Å². The zero-order valence-corrected chi connectivity index (χ0v) is 27.5. The molecular formula is C37H37F2N3O4Si. The molecule has 242 valence electrons. The number of carbonyl (C=O) groups excluding carboxylic acids is 2.